The molecule has 0 aliphatic carbocycles. The highest BCUT2D eigenvalue weighted by Gasteiger charge is 2.16. The third-order valence-corrected chi connectivity index (χ3v) is 1.56. The molecular weight excluding hydrogens is 166 g/mol. The minimum absolute atomic E-state index is 0.533. The molecule has 0 radical (unpaired) electrons. The molecule has 0 fully saturated rings. The predicted molar refractivity (Wildman–Crippen MR) is 51.6 cm³/mol. The summed E-state index contributed by atoms with van der Waals surface area (Å²) in [5, 5.41) is 9.56. The van der Waals surface area contributed by atoms with Gasteiger partial charge in [0.25, 0.3) is 0 Å². The molecule has 0 saturated carbocycles. The molecular formula is C9H15N3O. The van der Waals surface area contributed by atoms with Gasteiger partial charge in [0.1, 0.15) is 5.82 Å². The van der Waals surface area contributed by atoms with Crippen LogP contribution in [0, 0.1) is 0 Å². The summed E-state index contributed by atoms with van der Waals surface area (Å²) in [6, 6.07) is 0. The van der Waals surface area contributed by atoms with Crippen molar-refractivity contribution in [3.05, 3.63) is 18.6 Å². The van der Waals surface area contributed by atoms with Crippen molar-refractivity contribution in [3.8, 4) is 0 Å². The quantitative estimate of drug-likeness (QED) is 0.745. The van der Waals surface area contributed by atoms with E-state index in [0.717, 1.165) is 5.82 Å². The number of aliphatic hydroxyl groups is 1. The molecule has 4 nitrogen and oxygen atoms in total. The molecule has 0 aliphatic heterocycles. The van der Waals surface area contributed by atoms with Gasteiger partial charge in [-0.15, -0.1) is 0 Å². The Morgan fingerprint density at radius 1 is 1.46 bits per heavy atom. The topological polar surface area (TPSA) is 49.2 Å². The third kappa shape index (κ3) is 3.38. The van der Waals surface area contributed by atoms with Crippen molar-refractivity contribution >= 4 is 5.82 Å². The van der Waals surface area contributed by atoms with Crippen LogP contribution in [0.3, 0.4) is 0 Å². The number of hydrogen-bond donors (Lipinski definition) is 1. The maximum Gasteiger partial charge on any atom is 0.146 e. The minimum atomic E-state index is -0.716. The Labute approximate surface area is 78.2 Å². The summed E-state index contributed by atoms with van der Waals surface area (Å²) in [6.07, 6.45) is 4.93. The number of rotatable bonds is 3. The summed E-state index contributed by atoms with van der Waals surface area (Å²) in [6.45, 7) is 4.06. The smallest absolute Gasteiger partial charge is 0.146 e. The molecule has 1 rings (SSSR count). The van der Waals surface area contributed by atoms with Crippen molar-refractivity contribution < 1.29 is 5.11 Å². The second-order valence-corrected chi connectivity index (χ2v) is 3.73. The van der Waals surface area contributed by atoms with Crippen LogP contribution in [-0.2, 0) is 0 Å². The molecule has 1 N–H and O–H groups in total. The second-order valence-electron chi connectivity index (χ2n) is 3.73. The average molecular weight is 181 g/mol. The molecule has 0 spiro atoms. The SMILES string of the molecule is CN(CC(C)(C)O)c1cnccn1. The van der Waals surface area contributed by atoms with Crippen molar-refractivity contribution in [2.24, 2.45) is 0 Å². The molecule has 0 atom stereocenters. The van der Waals surface area contributed by atoms with Crippen LogP contribution >= 0.6 is 0 Å². The first kappa shape index (κ1) is 9.92. The van der Waals surface area contributed by atoms with E-state index < -0.39 is 5.60 Å². The van der Waals surface area contributed by atoms with Crippen LogP contribution in [0.5, 0.6) is 0 Å². The normalized spacial score (nSPS) is 11.4. The van der Waals surface area contributed by atoms with Gasteiger partial charge in [-0.25, -0.2) is 4.98 Å². The van der Waals surface area contributed by atoms with E-state index in [2.05, 4.69) is 9.97 Å². The van der Waals surface area contributed by atoms with Crippen LogP contribution in [0.4, 0.5) is 5.82 Å². The first-order chi connectivity index (χ1) is 5.99. The maximum absolute atomic E-state index is 9.56. The van der Waals surface area contributed by atoms with Gasteiger partial charge in [-0.1, -0.05) is 0 Å². The molecule has 0 bridgehead atoms. The van der Waals surface area contributed by atoms with Gasteiger partial charge in [-0.2, -0.15) is 0 Å². The minimum Gasteiger partial charge on any atom is -0.389 e. The van der Waals surface area contributed by atoms with Gasteiger partial charge in [0.15, 0.2) is 0 Å². The maximum atomic E-state index is 9.56. The van der Waals surface area contributed by atoms with E-state index in [1.165, 1.54) is 0 Å². The largest absolute Gasteiger partial charge is 0.389 e. The van der Waals surface area contributed by atoms with Crippen LogP contribution in [0.25, 0.3) is 0 Å². The van der Waals surface area contributed by atoms with Crippen LogP contribution in [-0.4, -0.2) is 34.3 Å². The first-order valence-corrected chi connectivity index (χ1v) is 4.18. The average Bonchev–Trinajstić information content (AvgIpc) is 2.03. The molecule has 0 aromatic carbocycles. The van der Waals surface area contributed by atoms with E-state index in [1.54, 1.807) is 32.4 Å². The molecule has 4 heteroatoms. The number of likely N-dealkylation sites (N-methyl/N-ethyl adjacent to an activating group) is 1. The molecule has 13 heavy (non-hydrogen) atoms. The summed E-state index contributed by atoms with van der Waals surface area (Å²) >= 11 is 0. The zero-order valence-electron chi connectivity index (χ0n) is 8.23. The van der Waals surface area contributed by atoms with Gasteiger partial charge in [-0.05, 0) is 13.8 Å². The van der Waals surface area contributed by atoms with Crippen molar-refractivity contribution in [3.63, 3.8) is 0 Å². The molecule has 72 valence electrons. The highest BCUT2D eigenvalue weighted by molar-refractivity contribution is 5.33. The monoisotopic (exact) mass is 181 g/mol. The van der Waals surface area contributed by atoms with Crippen LogP contribution in [0.2, 0.25) is 0 Å². The predicted octanol–water partition coefficient (Wildman–Crippen LogP) is 0.684. The van der Waals surface area contributed by atoms with E-state index in [1.807, 2.05) is 11.9 Å². The third-order valence-electron chi connectivity index (χ3n) is 1.56. The fourth-order valence-corrected chi connectivity index (χ4v) is 1.15. The van der Waals surface area contributed by atoms with Gasteiger partial charge in [0.2, 0.25) is 0 Å². The van der Waals surface area contributed by atoms with Gasteiger partial charge in [0.05, 0.1) is 11.8 Å². The van der Waals surface area contributed by atoms with Crippen LogP contribution < -0.4 is 4.90 Å². The van der Waals surface area contributed by atoms with E-state index in [9.17, 15) is 5.11 Å². The Morgan fingerprint density at radius 2 is 2.15 bits per heavy atom. The summed E-state index contributed by atoms with van der Waals surface area (Å²) < 4.78 is 0. The van der Waals surface area contributed by atoms with E-state index in [0.29, 0.717) is 6.54 Å². The van der Waals surface area contributed by atoms with E-state index >= 15 is 0 Å². The first-order valence-electron chi connectivity index (χ1n) is 4.18. The van der Waals surface area contributed by atoms with Crippen LogP contribution in [0.1, 0.15) is 13.8 Å². The van der Waals surface area contributed by atoms with Gasteiger partial charge in [0, 0.05) is 26.0 Å². The van der Waals surface area contributed by atoms with Gasteiger partial charge >= 0.3 is 0 Å². The number of aromatic nitrogens is 2. The van der Waals surface area contributed by atoms with Crippen LogP contribution in [0.15, 0.2) is 18.6 Å². The standard InChI is InChI=1S/C9H15N3O/c1-9(2,13)7-12(3)8-6-10-4-5-11-8/h4-6,13H,7H2,1-3H3. The lowest BCUT2D eigenvalue weighted by atomic mass is 10.1. The van der Waals surface area contributed by atoms with E-state index in [-0.39, 0.29) is 0 Å². The molecule has 0 aliphatic rings. The number of hydrogen-bond acceptors (Lipinski definition) is 4. The fraction of sp³-hybridized carbons (Fsp3) is 0.556. The molecule has 1 heterocycles. The number of nitrogens with zero attached hydrogens (tertiary/aromatic N) is 3. The molecule has 0 unspecified atom stereocenters. The number of anilines is 1. The zero-order valence-corrected chi connectivity index (χ0v) is 8.23. The molecule has 1 aromatic rings. The molecule has 0 amide bonds. The Balaban J connectivity index is 2.64. The fourth-order valence-electron chi connectivity index (χ4n) is 1.15. The van der Waals surface area contributed by atoms with Gasteiger partial charge in [-0.3, -0.25) is 4.98 Å². The highest BCUT2D eigenvalue weighted by atomic mass is 16.3. The Hall–Kier alpha value is -1.16. The van der Waals surface area contributed by atoms with E-state index in [4.69, 9.17) is 0 Å². The lowest BCUT2D eigenvalue weighted by Crippen LogP contribution is -2.36. The summed E-state index contributed by atoms with van der Waals surface area (Å²) in [4.78, 5) is 9.93. The Morgan fingerprint density at radius 3 is 2.62 bits per heavy atom. The van der Waals surface area contributed by atoms with Crippen molar-refractivity contribution in [2.75, 3.05) is 18.5 Å². The summed E-state index contributed by atoms with van der Waals surface area (Å²) in [7, 11) is 1.88. The Bertz CT molecular complexity index is 255. The Kier molecular flexibility index (Phi) is 2.83. The zero-order chi connectivity index (χ0) is 9.90. The van der Waals surface area contributed by atoms with Crippen molar-refractivity contribution in [1.82, 2.24) is 9.97 Å². The summed E-state index contributed by atoms with van der Waals surface area (Å²) in [5.74, 6) is 0.768. The van der Waals surface area contributed by atoms with Crippen molar-refractivity contribution in [2.45, 2.75) is 19.4 Å². The second kappa shape index (κ2) is 3.70. The van der Waals surface area contributed by atoms with Crippen molar-refractivity contribution in [1.29, 1.82) is 0 Å². The highest BCUT2D eigenvalue weighted by Crippen LogP contribution is 2.10. The van der Waals surface area contributed by atoms with Gasteiger partial charge < -0.3 is 10.0 Å². The lowest BCUT2D eigenvalue weighted by Gasteiger charge is -2.25. The lowest BCUT2D eigenvalue weighted by molar-refractivity contribution is 0.0884. The molecule has 0 saturated heterocycles. The summed E-state index contributed by atoms with van der Waals surface area (Å²) in [5.41, 5.74) is -0.716. The molecule has 1 aromatic heterocycles.